The molecule has 5 heteroatoms. The van der Waals surface area contributed by atoms with Gasteiger partial charge in [-0.15, -0.1) is 0 Å². The van der Waals surface area contributed by atoms with E-state index in [-0.39, 0.29) is 5.97 Å². The Bertz CT molecular complexity index is 154. The van der Waals surface area contributed by atoms with Crippen LogP contribution in [-0.4, -0.2) is 14.7 Å². The normalized spacial score (nSPS) is 11.4. The molecule has 0 saturated carbocycles. The number of ether oxygens (including phenoxy) is 1. The Morgan fingerprint density at radius 3 is 2.31 bits per heavy atom. The zero-order valence-electron chi connectivity index (χ0n) is 7.49. The summed E-state index contributed by atoms with van der Waals surface area (Å²) in [6.45, 7) is 2.63. The van der Waals surface area contributed by atoms with Crippen molar-refractivity contribution in [2.45, 2.75) is 34.7 Å². The summed E-state index contributed by atoms with van der Waals surface area (Å²) < 4.78 is 4.05. The van der Waals surface area contributed by atoms with Gasteiger partial charge in [0.25, 0.3) is 0 Å². The largest absolute Gasteiger partial charge is 0.463 e. The molecule has 0 unspecified atom stereocenters. The third-order valence-corrected chi connectivity index (χ3v) is 2.43. The van der Waals surface area contributed by atoms with Crippen LogP contribution in [0.3, 0.4) is 0 Å². The number of alkyl halides is 3. The van der Waals surface area contributed by atoms with Gasteiger partial charge in [0.05, 0.1) is 6.61 Å². The Kier molecular flexibility index (Phi) is 7.74. The van der Waals surface area contributed by atoms with Gasteiger partial charge in [0.2, 0.25) is 2.14 Å². The molecular formula is C8H13Br3O2. The van der Waals surface area contributed by atoms with E-state index in [0.29, 0.717) is 6.61 Å². The van der Waals surface area contributed by atoms with Crippen molar-refractivity contribution < 1.29 is 9.53 Å². The van der Waals surface area contributed by atoms with E-state index in [0.717, 1.165) is 12.8 Å². The molecule has 0 amide bonds. The molecule has 0 N–H and O–H groups in total. The number of carbonyl (C=O) groups excluding carboxylic acids is 1. The average Bonchev–Trinajstić information content (AvgIpc) is 2.02. The van der Waals surface area contributed by atoms with Crippen molar-refractivity contribution in [2.75, 3.05) is 6.61 Å². The monoisotopic (exact) mass is 378 g/mol. The molecule has 13 heavy (non-hydrogen) atoms. The predicted molar refractivity (Wildman–Crippen MR) is 64.6 cm³/mol. The SMILES string of the molecule is CCCCCCOC(=O)C(Br)(Br)Br. The number of rotatable bonds is 5. The number of halogens is 3. The van der Waals surface area contributed by atoms with E-state index in [1.54, 1.807) is 0 Å². The molecule has 0 aromatic carbocycles. The van der Waals surface area contributed by atoms with Crippen LogP contribution in [0.5, 0.6) is 0 Å². The van der Waals surface area contributed by atoms with E-state index in [1.807, 2.05) is 0 Å². The minimum absolute atomic E-state index is 0.344. The van der Waals surface area contributed by atoms with Crippen LogP contribution in [0.15, 0.2) is 0 Å². The highest BCUT2D eigenvalue weighted by Crippen LogP contribution is 2.34. The quantitative estimate of drug-likeness (QED) is 0.410. The fraction of sp³-hybridized carbons (Fsp3) is 0.875. The van der Waals surface area contributed by atoms with E-state index in [2.05, 4.69) is 54.7 Å². The smallest absolute Gasteiger partial charge is 0.344 e. The predicted octanol–water partition coefficient (Wildman–Crippen LogP) is 3.95. The van der Waals surface area contributed by atoms with E-state index < -0.39 is 2.14 Å². The van der Waals surface area contributed by atoms with Crippen molar-refractivity contribution in [3.05, 3.63) is 0 Å². The van der Waals surface area contributed by atoms with Gasteiger partial charge >= 0.3 is 5.97 Å². The maximum absolute atomic E-state index is 11.1. The third-order valence-electron chi connectivity index (χ3n) is 1.46. The summed E-state index contributed by atoms with van der Waals surface area (Å²) in [7, 11) is 0. The van der Waals surface area contributed by atoms with Gasteiger partial charge < -0.3 is 4.74 Å². The van der Waals surface area contributed by atoms with E-state index >= 15 is 0 Å². The lowest BCUT2D eigenvalue weighted by Crippen LogP contribution is -2.20. The summed E-state index contributed by atoms with van der Waals surface area (Å²) in [6.07, 6.45) is 4.43. The molecule has 0 aliphatic rings. The van der Waals surface area contributed by atoms with Gasteiger partial charge in [0.15, 0.2) is 0 Å². The van der Waals surface area contributed by atoms with Crippen LogP contribution in [0.1, 0.15) is 32.6 Å². The van der Waals surface area contributed by atoms with Gasteiger partial charge in [0.1, 0.15) is 0 Å². The summed E-state index contributed by atoms with van der Waals surface area (Å²) >= 11 is 9.26. The number of esters is 1. The number of hydrogen-bond acceptors (Lipinski definition) is 2. The van der Waals surface area contributed by atoms with Crippen molar-refractivity contribution >= 4 is 53.8 Å². The maximum atomic E-state index is 11.1. The number of unbranched alkanes of at least 4 members (excludes halogenated alkanes) is 3. The molecule has 0 bridgehead atoms. The molecule has 0 fully saturated rings. The third kappa shape index (κ3) is 7.94. The number of carbonyl (C=O) groups is 1. The molecule has 0 radical (unpaired) electrons. The Morgan fingerprint density at radius 1 is 1.23 bits per heavy atom. The van der Waals surface area contributed by atoms with E-state index in [4.69, 9.17) is 4.74 Å². The maximum Gasteiger partial charge on any atom is 0.344 e. The fourth-order valence-electron chi connectivity index (χ4n) is 0.776. The van der Waals surface area contributed by atoms with Crippen molar-refractivity contribution in [3.8, 4) is 0 Å². The lowest BCUT2D eigenvalue weighted by atomic mass is 10.2. The van der Waals surface area contributed by atoms with Gasteiger partial charge in [-0.2, -0.15) is 0 Å². The zero-order chi connectivity index (χ0) is 10.3. The first-order valence-corrected chi connectivity index (χ1v) is 6.60. The highest BCUT2D eigenvalue weighted by atomic mass is 80.0. The first kappa shape index (κ1) is 13.9. The van der Waals surface area contributed by atoms with E-state index in [9.17, 15) is 4.79 Å². The minimum atomic E-state index is -0.919. The molecule has 0 saturated heterocycles. The topological polar surface area (TPSA) is 26.3 Å². The second-order valence-corrected chi connectivity index (χ2v) is 9.46. The summed E-state index contributed by atoms with van der Waals surface area (Å²) in [5, 5.41) is 0. The molecule has 78 valence electrons. The van der Waals surface area contributed by atoms with Crippen molar-refractivity contribution in [1.82, 2.24) is 0 Å². The van der Waals surface area contributed by atoms with Crippen LogP contribution < -0.4 is 0 Å². The fourth-order valence-corrected chi connectivity index (χ4v) is 1.12. The van der Waals surface area contributed by atoms with Gasteiger partial charge in [0, 0.05) is 0 Å². The van der Waals surface area contributed by atoms with Gasteiger partial charge in [-0.25, -0.2) is 4.79 Å². The molecule has 0 aliphatic carbocycles. The summed E-state index contributed by atoms with van der Waals surface area (Å²) in [5.74, 6) is -0.344. The molecule has 0 aromatic rings. The number of hydrogen-bond donors (Lipinski definition) is 0. The van der Waals surface area contributed by atoms with Gasteiger partial charge in [-0.1, -0.05) is 26.2 Å². The first-order chi connectivity index (χ1) is 5.98. The average molecular weight is 381 g/mol. The second kappa shape index (κ2) is 7.23. The Balaban J connectivity index is 3.38. The van der Waals surface area contributed by atoms with Gasteiger partial charge in [-0.3, -0.25) is 0 Å². The van der Waals surface area contributed by atoms with Crippen LogP contribution in [0.2, 0.25) is 0 Å². The van der Waals surface area contributed by atoms with Crippen LogP contribution >= 0.6 is 47.8 Å². The Labute approximate surface area is 104 Å². The minimum Gasteiger partial charge on any atom is -0.463 e. The van der Waals surface area contributed by atoms with Crippen molar-refractivity contribution in [2.24, 2.45) is 0 Å². The molecule has 0 aliphatic heterocycles. The summed E-state index contributed by atoms with van der Waals surface area (Å²) in [5.41, 5.74) is 0. The summed E-state index contributed by atoms with van der Waals surface area (Å²) in [6, 6.07) is 0. The molecule has 0 aromatic heterocycles. The molecule has 0 atom stereocenters. The standard InChI is InChI=1S/C8H13Br3O2/c1-2-3-4-5-6-13-7(12)8(9,10)11/h2-6H2,1H3. The van der Waals surface area contributed by atoms with Crippen LogP contribution in [0, 0.1) is 0 Å². The molecule has 0 spiro atoms. The van der Waals surface area contributed by atoms with Crippen LogP contribution in [0.4, 0.5) is 0 Å². The molecular weight excluding hydrogens is 368 g/mol. The van der Waals surface area contributed by atoms with Crippen LogP contribution in [0.25, 0.3) is 0 Å². The summed E-state index contributed by atoms with van der Waals surface area (Å²) in [4.78, 5) is 11.1. The van der Waals surface area contributed by atoms with Gasteiger partial charge in [-0.05, 0) is 54.2 Å². The molecule has 2 nitrogen and oxygen atoms in total. The Morgan fingerprint density at radius 2 is 1.85 bits per heavy atom. The first-order valence-electron chi connectivity index (χ1n) is 4.22. The molecule has 0 rings (SSSR count). The highest BCUT2D eigenvalue weighted by Gasteiger charge is 2.30. The lowest BCUT2D eigenvalue weighted by Gasteiger charge is -2.11. The highest BCUT2D eigenvalue weighted by molar-refractivity contribution is 9.40. The molecule has 0 heterocycles. The van der Waals surface area contributed by atoms with Crippen LogP contribution in [-0.2, 0) is 9.53 Å². The lowest BCUT2D eigenvalue weighted by molar-refractivity contribution is -0.141. The van der Waals surface area contributed by atoms with Crippen molar-refractivity contribution in [3.63, 3.8) is 0 Å². The zero-order valence-corrected chi connectivity index (χ0v) is 12.2. The Hall–Kier alpha value is 0.910. The van der Waals surface area contributed by atoms with Crippen molar-refractivity contribution in [1.29, 1.82) is 0 Å². The second-order valence-electron chi connectivity index (χ2n) is 2.69. The van der Waals surface area contributed by atoms with E-state index in [1.165, 1.54) is 12.8 Å².